The molecule has 0 saturated heterocycles. The Morgan fingerprint density at radius 2 is 2.05 bits per heavy atom. The van der Waals surface area contributed by atoms with Crippen molar-refractivity contribution in [2.75, 3.05) is 4.72 Å². The Bertz CT molecular complexity index is 760. The molecular formula is C12H9ClN2O2S2. The van der Waals surface area contributed by atoms with Crippen LogP contribution in [0.1, 0.15) is 10.4 Å². The molecular weight excluding hydrogens is 304 g/mol. The molecule has 7 heteroatoms. The van der Waals surface area contributed by atoms with Crippen LogP contribution in [0.25, 0.3) is 0 Å². The number of thiophene rings is 1. The van der Waals surface area contributed by atoms with Gasteiger partial charge in [0.15, 0.2) is 0 Å². The van der Waals surface area contributed by atoms with E-state index in [4.69, 9.17) is 16.9 Å². The minimum Gasteiger partial charge on any atom is -0.279 e. The molecule has 0 amide bonds. The molecule has 0 aliphatic heterocycles. The lowest BCUT2D eigenvalue weighted by atomic mass is 10.2. The highest BCUT2D eigenvalue weighted by Crippen LogP contribution is 2.25. The maximum atomic E-state index is 12.1. The minimum absolute atomic E-state index is 0.0979. The number of sulfonamides is 1. The van der Waals surface area contributed by atoms with Crippen molar-refractivity contribution >= 4 is 38.6 Å². The first-order valence-corrected chi connectivity index (χ1v) is 7.89. The third-order valence-corrected chi connectivity index (χ3v) is 5.65. The Morgan fingerprint density at radius 3 is 2.63 bits per heavy atom. The van der Waals surface area contributed by atoms with Crippen LogP contribution in [0.2, 0.25) is 5.02 Å². The molecule has 0 unspecified atom stereocenters. The molecule has 0 saturated carbocycles. The Labute approximate surface area is 120 Å². The van der Waals surface area contributed by atoms with Crippen LogP contribution >= 0.6 is 22.9 Å². The van der Waals surface area contributed by atoms with Crippen molar-refractivity contribution in [3.63, 3.8) is 0 Å². The number of rotatable bonds is 3. The van der Waals surface area contributed by atoms with E-state index in [2.05, 4.69) is 4.72 Å². The molecule has 2 rings (SSSR count). The Morgan fingerprint density at radius 1 is 1.32 bits per heavy atom. The van der Waals surface area contributed by atoms with Gasteiger partial charge in [-0.3, -0.25) is 4.72 Å². The van der Waals surface area contributed by atoms with Gasteiger partial charge in [0.2, 0.25) is 0 Å². The van der Waals surface area contributed by atoms with E-state index in [0.717, 1.165) is 16.9 Å². The van der Waals surface area contributed by atoms with Crippen molar-refractivity contribution in [2.24, 2.45) is 0 Å². The molecule has 1 N–H and O–H groups in total. The van der Waals surface area contributed by atoms with Gasteiger partial charge in [-0.15, -0.1) is 11.3 Å². The summed E-state index contributed by atoms with van der Waals surface area (Å²) in [6.07, 6.45) is 0. The summed E-state index contributed by atoms with van der Waals surface area (Å²) < 4.78 is 26.7. The fraction of sp³-hybridized carbons (Fsp3) is 0.0833. The van der Waals surface area contributed by atoms with E-state index in [9.17, 15) is 8.42 Å². The zero-order chi connectivity index (χ0) is 14.0. The number of anilines is 1. The van der Waals surface area contributed by atoms with Crippen LogP contribution in [0.15, 0.2) is 34.5 Å². The lowest BCUT2D eigenvalue weighted by Crippen LogP contribution is -2.11. The van der Waals surface area contributed by atoms with Gasteiger partial charge >= 0.3 is 0 Å². The highest BCUT2D eigenvalue weighted by molar-refractivity contribution is 7.94. The molecule has 0 aliphatic carbocycles. The first-order valence-electron chi connectivity index (χ1n) is 5.21. The number of hydrogen-bond acceptors (Lipinski definition) is 4. The summed E-state index contributed by atoms with van der Waals surface area (Å²) in [4.78, 5) is 0.349. The van der Waals surface area contributed by atoms with E-state index in [1.54, 1.807) is 18.2 Å². The second-order valence-electron chi connectivity index (χ2n) is 3.80. The fourth-order valence-electron chi connectivity index (χ4n) is 1.39. The monoisotopic (exact) mass is 312 g/mol. The Balaban J connectivity index is 2.31. The predicted molar refractivity (Wildman–Crippen MR) is 76.0 cm³/mol. The summed E-state index contributed by atoms with van der Waals surface area (Å²) in [7, 11) is -3.67. The average molecular weight is 313 g/mol. The molecule has 0 bridgehead atoms. The SMILES string of the molecule is Cc1ccc(NS(=O)(=O)c2ccc(C#N)s2)cc1Cl. The second-order valence-corrected chi connectivity index (χ2v) is 7.20. The largest absolute Gasteiger partial charge is 0.279 e. The van der Waals surface area contributed by atoms with Gasteiger partial charge in [-0.1, -0.05) is 17.7 Å². The Hall–Kier alpha value is -1.55. The summed E-state index contributed by atoms with van der Waals surface area (Å²) >= 11 is 6.86. The zero-order valence-electron chi connectivity index (χ0n) is 9.84. The fourth-order valence-corrected chi connectivity index (χ4v) is 3.72. The minimum atomic E-state index is -3.67. The lowest BCUT2D eigenvalue weighted by Gasteiger charge is -2.07. The van der Waals surface area contributed by atoms with Crippen LogP contribution in [-0.4, -0.2) is 8.42 Å². The van der Waals surface area contributed by atoms with Crippen molar-refractivity contribution < 1.29 is 8.42 Å². The summed E-state index contributed by atoms with van der Waals surface area (Å²) in [6.45, 7) is 1.83. The van der Waals surface area contributed by atoms with Gasteiger partial charge in [-0.25, -0.2) is 8.42 Å². The standard InChI is InChI=1S/C12H9ClN2O2S2/c1-8-2-3-9(6-11(8)13)15-19(16,17)12-5-4-10(7-14)18-12/h2-6,15H,1H3. The number of nitriles is 1. The maximum absolute atomic E-state index is 12.1. The molecule has 0 aliphatic rings. The molecule has 1 aromatic carbocycles. The molecule has 4 nitrogen and oxygen atoms in total. The molecule has 1 aromatic heterocycles. The van der Waals surface area contributed by atoms with Gasteiger partial charge in [0.05, 0.1) is 5.69 Å². The highest BCUT2D eigenvalue weighted by Gasteiger charge is 2.17. The smallest absolute Gasteiger partial charge is 0.271 e. The number of halogens is 1. The first-order chi connectivity index (χ1) is 8.92. The molecule has 2 aromatic rings. The van der Waals surface area contributed by atoms with Gasteiger partial charge in [-0.05, 0) is 36.8 Å². The predicted octanol–water partition coefficient (Wildman–Crippen LogP) is 3.38. The molecule has 0 spiro atoms. The third kappa shape index (κ3) is 3.07. The first kappa shape index (κ1) is 13.9. The zero-order valence-corrected chi connectivity index (χ0v) is 12.2. The molecule has 19 heavy (non-hydrogen) atoms. The van der Waals surface area contributed by atoms with Gasteiger partial charge < -0.3 is 0 Å². The third-order valence-electron chi connectivity index (χ3n) is 2.38. The van der Waals surface area contributed by atoms with Crippen LogP contribution < -0.4 is 4.72 Å². The van der Waals surface area contributed by atoms with Crippen molar-refractivity contribution in [3.8, 4) is 6.07 Å². The number of aryl methyl sites for hydroxylation is 1. The van der Waals surface area contributed by atoms with Gasteiger partial charge in [0.25, 0.3) is 10.0 Å². The molecule has 0 atom stereocenters. The maximum Gasteiger partial charge on any atom is 0.271 e. The molecule has 98 valence electrons. The van der Waals surface area contributed by atoms with Crippen LogP contribution in [0, 0.1) is 18.3 Å². The normalized spacial score (nSPS) is 11.0. The van der Waals surface area contributed by atoms with Gasteiger partial charge in [0, 0.05) is 5.02 Å². The second kappa shape index (κ2) is 5.21. The van der Waals surface area contributed by atoms with Crippen LogP contribution in [0.5, 0.6) is 0 Å². The van der Waals surface area contributed by atoms with Crippen molar-refractivity contribution in [2.45, 2.75) is 11.1 Å². The molecule has 0 radical (unpaired) electrons. The molecule has 0 fully saturated rings. The van der Waals surface area contributed by atoms with Crippen LogP contribution in [0.3, 0.4) is 0 Å². The number of nitrogens with zero attached hydrogens (tertiary/aromatic N) is 1. The number of nitrogens with one attached hydrogen (secondary N) is 1. The van der Waals surface area contributed by atoms with Gasteiger partial charge in [0.1, 0.15) is 15.2 Å². The number of benzene rings is 1. The van der Waals surface area contributed by atoms with E-state index >= 15 is 0 Å². The van der Waals surface area contributed by atoms with Gasteiger partial charge in [-0.2, -0.15) is 5.26 Å². The van der Waals surface area contributed by atoms with Crippen molar-refractivity contribution in [1.29, 1.82) is 5.26 Å². The quantitative estimate of drug-likeness (QED) is 0.944. The van der Waals surface area contributed by atoms with Crippen LogP contribution in [-0.2, 0) is 10.0 Å². The van der Waals surface area contributed by atoms with Crippen molar-refractivity contribution in [3.05, 3.63) is 45.8 Å². The van der Waals surface area contributed by atoms with E-state index in [-0.39, 0.29) is 4.21 Å². The van der Waals surface area contributed by atoms with Crippen molar-refractivity contribution in [1.82, 2.24) is 0 Å². The molecule has 1 heterocycles. The lowest BCUT2D eigenvalue weighted by molar-refractivity contribution is 0.603. The summed E-state index contributed by atoms with van der Waals surface area (Å²) in [5, 5.41) is 9.19. The van der Waals surface area contributed by atoms with E-state index < -0.39 is 10.0 Å². The highest BCUT2D eigenvalue weighted by atomic mass is 35.5. The summed E-state index contributed by atoms with van der Waals surface area (Å²) in [5.41, 5.74) is 1.26. The average Bonchev–Trinajstić information content (AvgIpc) is 2.83. The van der Waals surface area contributed by atoms with E-state index in [1.165, 1.54) is 12.1 Å². The van der Waals surface area contributed by atoms with E-state index in [0.29, 0.717) is 15.6 Å². The van der Waals surface area contributed by atoms with Crippen LogP contribution in [0.4, 0.5) is 5.69 Å². The summed E-state index contributed by atoms with van der Waals surface area (Å²) in [5.74, 6) is 0. The topological polar surface area (TPSA) is 70.0 Å². The summed E-state index contributed by atoms with van der Waals surface area (Å²) in [6, 6.07) is 9.70. The van der Waals surface area contributed by atoms with E-state index in [1.807, 2.05) is 13.0 Å². The Kier molecular flexibility index (Phi) is 3.80. The number of hydrogen-bond donors (Lipinski definition) is 1.